The number of amides is 1. The lowest BCUT2D eigenvalue weighted by Gasteiger charge is -2.36. The summed E-state index contributed by atoms with van der Waals surface area (Å²) in [7, 11) is 0. The number of carbonyl (C=O) groups excluding carboxylic acids is 1. The highest BCUT2D eigenvalue weighted by atomic mass is 16.2. The quantitative estimate of drug-likeness (QED) is 0.916. The Labute approximate surface area is 141 Å². The Bertz CT molecular complexity index is 722. The molecule has 2 aromatic heterocycles. The van der Waals surface area contributed by atoms with Crippen LogP contribution >= 0.6 is 0 Å². The molecular formula is C17H22N6O. The van der Waals surface area contributed by atoms with Crippen molar-refractivity contribution in [3.8, 4) is 11.1 Å². The largest absolute Gasteiger partial charge is 0.384 e. The van der Waals surface area contributed by atoms with E-state index in [0.29, 0.717) is 18.9 Å². The van der Waals surface area contributed by atoms with E-state index in [0.717, 1.165) is 42.1 Å². The number of nitrogens with two attached hydrogens (primary N) is 1. The third-order valence-electron chi connectivity index (χ3n) is 4.34. The normalized spacial score (nSPS) is 14.8. The van der Waals surface area contributed by atoms with E-state index >= 15 is 0 Å². The molecule has 2 aromatic rings. The first kappa shape index (κ1) is 16.2. The maximum absolute atomic E-state index is 11.5. The minimum Gasteiger partial charge on any atom is -0.384 e. The summed E-state index contributed by atoms with van der Waals surface area (Å²) < 4.78 is 0. The van der Waals surface area contributed by atoms with Gasteiger partial charge in [0.05, 0.1) is 5.69 Å². The first-order valence-corrected chi connectivity index (χ1v) is 8.16. The van der Waals surface area contributed by atoms with Gasteiger partial charge >= 0.3 is 0 Å². The van der Waals surface area contributed by atoms with Gasteiger partial charge < -0.3 is 15.5 Å². The van der Waals surface area contributed by atoms with Crippen molar-refractivity contribution in [2.45, 2.75) is 20.3 Å². The highest BCUT2D eigenvalue weighted by Gasteiger charge is 2.23. The molecule has 1 amide bonds. The second-order valence-electron chi connectivity index (χ2n) is 5.84. The van der Waals surface area contributed by atoms with Gasteiger partial charge in [0.25, 0.3) is 0 Å². The summed E-state index contributed by atoms with van der Waals surface area (Å²) in [5.41, 5.74) is 8.66. The van der Waals surface area contributed by atoms with Gasteiger partial charge in [-0.15, -0.1) is 0 Å². The van der Waals surface area contributed by atoms with Crippen molar-refractivity contribution in [3.05, 3.63) is 30.4 Å². The number of nitrogens with zero attached hydrogens (tertiary/aromatic N) is 5. The van der Waals surface area contributed by atoms with E-state index in [9.17, 15) is 4.79 Å². The van der Waals surface area contributed by atoms with Crippen LogP contribution in [0.2, 0.25) is 0 Å². The number of anilines is 2. The minimum absolute atomic E-state index is 0.120. The van der Waals surface area contributed by atoms with E-state index in [4.69, 9.17) is 5.73 Å². The fourth-order valence-electron chi connectivity index (χ4n) is 3.00. The van der Waals surface area contributed by atoms with Gasteiger partial charge in [0.2, 0.25) is 5.91 Å². The Morgan fingerprint density at radius 1 is 1.17 bits per heavy atom. The molecule has 7 heteroatoms. The lowest BCUT2D eigenvalue weighted by atomic mass is 10.0. The zero-order valence-electron chi connectivity index (χ0n) is 14.1. The van der Waals surface area contributed by atoms with Crippen LogP contribution in [0, 0.1) is 0 Å². The third-order valence-corrected chi connectivity index (χ3v) is 4.34. The number of piperazine rings is 1. The van der Waals surface area contributed by atoms with Crippen LogP contribution in [0.4, 0.5) is 11.6 Å². The van der Waals surface area contributed by atoms with E-state index in [1.165, 1.54) is 0 Å². The Balaban J connectivity index is 1.96. The highest BCUT2D eigenvalue weighted by molar-refractivity contribution is 5.78. The molecule has 0 saturated carbocycles. The second kappa shape index (κ2) is 6.82. The third kappa shape index (κ3) is 3.15. The summed E-state index contributed by atoms with van der Waals surface area (Å²) in [5, 5.41) is 0. The van der Waals surface area contributed by atoms with Crippen molar-refractivity contribution in [3.63, 3.8) is 0 Å². The summed E-state index contributed by atoms with van der Waals surface area (Å²) in [6, 6.07) is 3.74. The van der Waals surface area contributed by atoms with Gasteiger partial charge in [0.15, 0.2) is 0 Å². The molecule has 2 N–H and O–H groups in total. The van der Waals surface area contributed by atoms with Crippen molar-refractivity contribution in [2.24, 2.45) is 0 Å². The number of carbonyl (C=O) groups is 1. The number of rotatable bonds is 3. The Kier molecular flexibility index (Phi) is 4.59. The summed E-state index contributed by atoms with van der Waals surface area (Å²) in [6.45, 7) is 6.62. The molecule has 0 bridgehead atoms. The van der Waals surface area contributed by atoms with Crippen LogP contribution < -0.4 is 10.6 Å². The van der Waals surface area contributed by atoms with Crippen molar-refractivity contribution in [1.82, 2.24) is 19.9 Å². The minimum atomic E-state index is 0.120. The smallest absolute Gasteiger partial charge is 0.219 e. The number of aromatic nitrogens is 3. The molecular weight excluding hydrogens is 304 g/mol. The van der Waals surface area contributed by atoms with Crippen molar-refractivity contribution in [1.29, 1.82) is 0 Å². The van der Waals surface area contributed by atoms with E-state index in [2.05, 4.69) is 26.8 Å². The van der Waals surface area contributed by atoms with Crippen LogP contribution in [-0.4, -0.2) is 51.9 Å². The van der Waals surface area contributed by atoms with E-state index in [1.54, 1.807) is 25.5 Å². The van der Waals surface area contributed by atoms with Crippen LogP contribution in [0.3, 0.4) is 0 Å². The molecule has 1 saturated heterocycles. The van der Waals surface area contributed by atoms with Gasteiger partial charge in [-0.3, -0.25) is 4.79 Å². The molecule has 0 unspecified atom stereocenters. The molecule has 1 aliphatic heterocycles. The molecule has 7 nitrogen and oxygen atoms in total. The molecule has 0 atom stereocenters. The zero-order valence-corrected chi connectivity index (χ0v) is 14.1. The standard InChI is InChI=1S/C17H22N6O/c1-3-14-16(13-4-5-15(18)19-10-13)17(21-11-20-14)23-8-6-22(7-9-23)12(2)24/h4-5,10-11H,3,6-9H2,1-2H3,(H2,18,19). The second-order valence-corrected chi connectivity index (χ2v) is 5.84. The Morgan fingerprint density at radius 3 is 2.50 bits per heavy atom. The molecule has 126 valence electrons. The van der Waals surface area contributed by atoms with Crippen LogP contribution in [-0.2, 0) is 11.2 Å². The van der Waals surface area contributed by atoms with Crippen LogP contribution in [0.5, 0.6) is 0 Å². The zero-order chi connectivity index (χ0) is 17.1. The number of nitrogen functional groups attached to an aromatic ring is 1. The predicted octanol–water partition coefficient (Wildman–Crippen LogP) is 1.35. The first-order chi connectivity index (χ1) is 11.6. The van der Waals surface area contributed by atoms with Crippen LogP contribution in [0.1, 0.15) is 19.5 Å². The Hall–Kier alpha value is -2.70. The van der Waals surface area contributed by atoms with Crippen molar-refractivity contribution >= 4 is 17.5 Å². The monoisotopic (exact) mass is 326 g/mol. The topological polar surface area (TPSA) is 88.2 Å². The van der Waals surface area contributed by atoms with E-state index < -0.39 is 0 Å². The van der Waals surface area contributed by atoms with Gasteiger partial charge in [-0.25, -0.2) is 15.0 Å². The number of hydrogen-bond acceptors (Lipinski definition) is 6. The molecule has 0 spiro atoms. The number of pyridine rings is 1. The molecule has 3 heterocycles. The van der Waals surface area contributed by atoms with Gasteiger partial charge in [0.1, 0.15) is 18.0 Å². The predicted molar refractivity (Wildman–Crippen MR) is 93.5 cm³/mol. The van der Waals surface area contributed by atoms with Gasteiger partial charge in [-0.1, -0.05) is 6.92 Å². The van der Waals surface area contributed by atoms with Crippen LogP contribution in [0.15, 0.2) is 24.7 Å². The molecule has 3 rings (SSSR count). The van der Waals surface area contributed by atoms with Crippen molar-refractivity contribution < 1.29 is 4.79 Å². The fourth-order valence-corrected chi connectivity index (χ4v) is 3.00. The maximum Gasteiger partial charge on any atom is 0.219 e. The number of hydrogen-bond donors (Lipinski definition) is 1. The van der Waals surface area contributed by atoms with E-state index in [-0.39, 0.29) is 5.91 Å². The average molecular weight is 326 g/mol. The number of aryl methyl sites for hydroxylation is 1. The molecule has 0 aliphatic carbocycles. The van der Waals surface area contributed by atoms with Crippen LogP contribution in [0.25, 0.3) is 11.1 Å². The summed E-state index contributed by atoms with van der Waals surface area (Å²) in [6.07, 6.45) is 4.19. The fraction of sp³-hybridized carbons (Fsp3) is 0.412. The maximum atomic E-state index is 11.5. The van der Waals surface area contributed by atoms with Gasteiger partial charge in [-0.2, -0.15) is 0 Å². The highest BCUT2D eigenvalue weighted by Crippen LogP contribution is 2.32. The lowest BCUT2D eigenvalue weighted by Crippen LogP contribution is -2.48. The SMILES string of the molecule is CCc1ncnc(N2CCN(C(C)=O)CC2)c1-c1ccc(N)nc1. The molecule has 1 fully saturated rings. The summed E-state index contributed by atoms with van der Waals surface area (Å²) in [5.74, 6) is 1.51. The molecule has 24 heavy (non-hydrogen) atoms. The van der Waals surface area contributed by atoms with E-state index in [1.807, 2.05) is 11.0 Å². The summed E-state index contributed by atoms with van der Waals surface area (Å²) >= 11 is 0. The Morgan fingerprint density at radius 2 is 1.92 bits per heavy atom. The average Bonchev–Trinajstić information content (AvgIpc) is 2.62. The lowest BCUT2D eigenvalue weighted by molar-refractivity contribution is -0.129. The van der Waals surface area contributed by atoms with Gasteiger partial charge in [0, 0.05) is 50.4 Å². The summed E-state index contributed by atoms with van der Waals surface area (Å²) in [4.78, 5) is 28.8. The molecule has 0 aromatic carbocycles. The van der Waals surface area contributed by atoms with Gasteiger partial charge in [-0.05, 0) is 18.6 Å². The van der Waals surface area contributed by atoms with Crippen molar-refractivity contribution in [2.75, 3.05) is 36.8 Å². The first-order valence-electron chi connectivity index (χ1n) is 8.16. The molecule has 0 radical (unpaired) electrons. The molecule has 1 aliphatic rings.